The molecular weight excluding hydrogens is 675 g/mol. The van der Waals surface area contributed by atoms with Crippen LogP contribution in [0.5, 0.6) is 0 Å². The highest BCUT2D eigenvalue weighted by Crippen LogP contribution is 2.38. The lowest BCUT2D eigenvalue weighted by molar-refractivity contribution is 0.978. The molecule has 0 bridgehead atoms. The molecule has 1 heterocycles. The smallest absolute Gasteiger partial charge is 0.0541 e. The maximum absolute atomic E-state index is 2.39. The van der Waals surface area contributed by atoms with Gasteiger partial charge in [0.1, 0.15) is 0 Å². The van der Waals surface area contributed by atoms with Gasteiger partial charge in [-0.25, -0.2) is 0 Å². The van der Waals surface area contributed by atoms with Gasteiger partial charge in [0.25, 0.3) is 0 Å². The van der Waals surface area contributed by atoms with E-state index in [2.05, 4.69) is 235 Å². The monoisotopic (exact) mass is 713 g/mol. The van der Waals surface area contributed by atoms with Crippen molar-refractivity contribution in [3.63, 3.8) is 0 Å². The van der Waals surface area contributed by atoms with Crippen LogP contribution in [0.4, 0.5) is 0 Å². The quantitative estimate of drug-likeness (QED) is 0.138. The van der Waals surface area contributed by atoms with Crippen molar-refractivity contribution < 1.29 is 0 Å². The number of para-hydroxylation sites is 1. The van der Waals surface area contributed by atoms with Crippen LogP contribution >= 0.6 is 0 Å². The van der Waals surface area contributed by atoms with E-state index in [1.54, 1.807) is 0 Å². The maximum Gasteiger partial charge on any atom is 0.0541 e. The molecule has 56 heavy (non-hydrogen) atoms. The SMILES string of the molecule is c1ccc(-c2ccc(C(c3ccc(-c4ccccc4)cc3)c3ccc(-c4ccc(-n5c6ccccc6c6cc(-c7ccccc7)ccc65)cc4)cc3)cc2)cc1. The van der Waals surface area contributed by atoms with Crippen LogP contribution in [0.25, 0.3) is 72.0 Å². The molecule has 10 rings (SSSR count). The summed E-state index contributed by atoms with van der Waals surface area (Å²) in [6, 6.07) is 83.8. The molecule has 0 aliphatic heterocycles. The second-order valence-electron chi connectivity index (χ2n) is 14.5. The van der Waals surface area contributed by atoms with E-state index in [0.29, 0.717) is 0 Å². The van der Waals surface area contributed by atoms with Crippen molar-refractivity contribution in [1.29, 1.82) is 0 Å². The molecule has 0 aliphatic rings. The van der Waals surface area contributed by atoms with Crippen LogP contribution in [-0.2, 0) is 0 Å². The van der Waals surface area contributed by atoms with Gasteiger partial charge in [-0.3, -0.25) is 0 Å². The van der Waals surface area contributed by atoms with Gasteiger partial charge >= 0.3 is 0 Å². The fraction of sp³-hybridized carbons (Fsp3) is 0.0182. The zero-order valence-electron chi connectivity index (χ0n) is 31.0. The van der Waals surface area contributed by atoms with Gasteiger partial charge in [0.15, 0.2) is 0 Å². The molecule has 0 saturated carbocycles. The van der Waals surface area contributed by atoms with Crippen molar-refractivity contribution in [2.75, 3.05) is 0 Å². The van der Waals surface area contributed by atoms with Crippen LogP contribution in [0.2, 0.25) is 0 Å². The molecule has 0 spiro atoms. The second-order valence-corrected chi connectivity index (χ2v) is 14.5. The van der Waals surface area contributed by atoms with Gasteiger partial charge in [0.05, 0.1) is 11.0 Å². The summed E-state index contributed by atoms with van der Waals surface area (Å²) >= 11 is 0. The van der Waals surface area contributed by atoms with Crippen molar-refractivity contribution >= 4 is 21.8 Å². The van der Waals surface area contributed by atoms with Gasteiger partial charge in [-0.15, -0.1) is 0 Å². The summed E-state index contributed by atoms with van der Waals surface area (Å²) in [6.45, 7) is 0. The summed E-state index contributed by atoms with van der Waals surface area (Å²) in [5, 5.41) is 2.53. The lowest BCUT2D eigenvalue weighted by atomic mass is 9.83. The number of hydrogen-bond donors (Lipinski definition) is 0. The van der Waals surface area contributed by atoms with Crippen LogP contribution in [-0.4, -0.2) is 4.57 Å². The summed E-state index contributed by atoms with van der Waals surface area (Å²) in [5.41, 5.74) is 17.2. The first kappa shape index (κ1) is 33.4. The highest BCUT2D eigenvalue weighted by Gasteiger charge is 2.18. The largest absolute Gasteiger partial charge is 0.309 e. The van der Waals surface area contributed by atoms with Gasteiger partial charge in [-0.1, -0.05) is 200 Å². The van der Waals surface area contributed by atoms with Crippen LogP contribution in [0.3, 0.4) is 0 Å². The number of nitrogens with zero attached hydrogens (tertiary/aromatic N) is 1. The average molecular weight is 714 g/mol. The molecule has 1 heteroatoms. The first-order valence-electron chi connectivity index (χ1n) is 19.4. The average Bonchev–Trinajstić information content (AvgIpc) is 3.62. The molecule has 0 amide bonds. The first-order valence-corrected chi connectivity index (χ1v) is 19.4. The van der Waals surface area contributed by atoms with Crippen molar-refractivity contribution in [1.82, 2.24) is 4.57 Å². The van der Waals surface area contributed by atoms with E-state index in [1.807, 2.05) is 0 Å². The lowest BCUT2D eigenvalue weighted by Crippen LogP contribution is -2.03. The van der Waals surface area contributed by atoms with Crippen LogP contribution in [0, 0.1) is 0 Å². The van der Waals surface area contributed by atoms with E-state index >= 15 is 0 Å². The number of fused-ring (bicyclic) bond motifs is 3. The standard InChI is InChI=1S/C55H39N/c1-4-12-39(13-5-1)42-20-26-46(27-21-42)55(47-28-22-43(23-29-47)40-14-6-2-7-15-40)48-30-24-44(25-31-48)45-32-35-50(36-33-45)56-53-19-11-10-18-51(53)52-38-49(34-37-54(52)56)41-16-8-3-9-17-41/h1-38,55H. The van der Waals surface area contributed by atoms with Gasteiger partial charge < -0.3 is 4.57 Å². The zero-order chi connectivity index (χ0) is 37.3. The number of hydrogen-bond acceptors (Lipinski definition) is 0. The summed E-state index contributed by atoms with van der Waals surface area (Å²) in [4.78, 5) is 0. The molecule has 0 N–H and O–H groups in total. The zero-order valence-corrected chi connectivity index (χ0v) is 31.0. The van der Waals surface area contributed by atoms with E-state index in [1.165, 1.54) is 83.0 Å². The second kappa shape index (κ2) is 14.5. The highest BCUT2D eigenvalue weighted by molar-refractivity contribution is 6.10. The molecular formula is C55H39N. The molecule has 10 aromatic rings. The molecule has 0 saturated heterocycles. The molecule has 0 aliphatic carbocycles. The molecule has 0 unspecified atom stereocenters. The molecule has 9 aromatic carbocycles. The Hall–Kier alpha value is -7.22. The lowest BCUT2D eigenvalue weighted by Gasteiger charge is -2.20. The molecule has 0 fully saturated rings. The third kappa shape index (κ3) is 6.30. The predicted molar refractivity (Wildman–Crippen MR) is 236 cm³/mol. The fourth-order valence-corrected chi connectivity index (χ4v) is 8.31. The summed E-state index contributed by atoms with van der Waals surface area (Å²) in [5.74, 6) is 0.0961. The minimum absolute atomic E-state index is 0.0961. The van der Waals surface area contributed by atoms with Crippen LogP contribution in [0.15, 0.2) is 231 Å². The van der Waals surface area contributed by atoms with Crippen molar-refractivity contribution in [2.45, 2.75) is 5.92 Å². The topological polar surface area (TPSA) is 4.93 Å². The summed E-state index contributed by atoms with van der Waals surface area (Å²) in [7, 11) is 0. The third-order valence-electron chi connectivity index (χ3n) is 11.2. The Bertz CT molecular complexity index is 2800. The Morgan fingerprint density at radius 1 is 0.250 bits per heavy atom. The number of rotatable bonds is 8. The van der Waals surface area contributed by atoms with E-state index in [4.69, 9.17) is 0 Å². The maximum atomic E-state index is 2.39. The molecule has 0 atom stereocenters. The molecule has 264 valence electrons. The normalized spacial score (nSPS) is 11.4. The Labute approximate surface area is 328 Å². The van der Waals surface area contributed by atoms with E-state index in [9.17, 15) is 0 Å². The number of benzene rings is 9. The van der Waals surface area contributed by atoms with Crippen molar-refractivity contribution in [3.8, 4) is 50.2 Å². The Morgan fingerprint density at radius 2 is 0.589 bits per heavy atom. The van der Waals surface area contributed by atoms with E-state index in [-0.39, 0.29) is 5.92 Å². The van der Waals surface area contributed by atoms with Gasteiger partial charge in [-0.05, 0) is 91.5 Å². The minimum atomic E-state index is 0.0961. The minimum Gasteiger partial charge on any atom is -0.309 e. The van der Waals surface area contributed by atoms with Crippen molar-refractivity contribution in [3.05, 3.63) is 247 Å². The Morgan fingerprint density at radius 3 is 1.05 bits per heavy atom. The van der Waals surface area contributed by atoms with Gasteiger partial charge in [-0.2, -0.15) is 0 Å². The van der Waals surface area contributed by atoms with E-state index < -0.39 is 0 Å². The summed E-state index contributed by atoms with van der Waals surface area (Å²) < 4.78 is 2.39. The van der Waals surface area contributed by atoms with Crippen LogP contribution < -0.4 is 0 Å². The van der Waals surface area contributed by atoms with Crippen molar-refractivity contribution in [2.24, 2.45) is 0 Å². The Kier molecular flexibility index (Phi) is 8.67. The highest BCUT2D eigenvalue weighted by atomic mass is 15.0. The first-order chi connectivity index (χ1) is 27.8. The van der Waals surface area contributed by atoms with Crippen LogP contribution in [0.1, 0.15) is 22.6 Å². The molecule has 0 radical (unpaired) electrons. The molecule has 1 aromatic heterocycles. The van der Waals surface area contributed by atoms with Gasteiger partial charge in [0.2, 0.25) is 0 Å². The Balaban J connectivity index is 0.979. The van der Waals surface area contributed by atoms with E-state index in [0.717, 1.165) is 5.69 Å². The molecule has 1 nitrogen and oxygen atoms in total. The summed E-state index contributed by atoms with van der Waals surface area (Å²) in [6.07, 6.45) is 0. The fourth-order valence-electron chi connectivity index (χ4n) is 8.31. The predicted octanol–water partition coefficient (Wildman–Crippen LogP) is 14.6. The number of aromatic nitrogens is 1. The third-order valence-corrected chi connectivity index (χ3v) is 11.2. The van der Waals surface area contributed by atoms with Gasteiger partial charge in [0, 0.05) is 22.4 Å².